The van der Waals surface area contributed by atoms with E-state index in [2.05, 4.69) is 0 Å². The SMILES string of the molecule is CCCc1cc(=O)oc2c3c(c4c(c12)OC(C)(C)C=C4)O[C@@H](C)C(C)C3=O. The van der Waals surface area contributed by atoms with Crippen LogP contribution in [0.25, 0.3) is 17.0 Å². The summed E-state index contributed by atoms with van der Waals surface area (Å²) in [6.07, 6.45) is 5.20. The zero-order chi connectivity index (χ0) is 19.5. The Balaban J connectivity index is 2.18. The van der Waals surface area contributed by atoms with Crippen LogP contribution in [-0.2, 0) is 6.42 Å². The Morgan fingerprint density at radius 2 is 1.89 bits per heavy atom. The van der Waals surface area contributed by atoms with Crippen LogP contribution in [0, 0.1) is 5.92 Å². The second-order valence-electron chi connectivity index (χ2n) is 8.01. The molecule has 0 saturated heterocycles. The molecule has 1 unspecified atom stereocenters. The van der Waals surface area contributed by atoms with Gasteiger partial charge in [0.05, 0.1) is 16.9 Å². The third-order valence-electron chi connectivity index (χ3n) is 5.42. The minimum atomic E-state index is -0.509. The number of rotatable bonds is 2. The smallest absolute Gasteiger partial charge is 0.336 e. The van der Waals surface area contributed by atoms with Crippen LogP contribution in [0.4, 0.5) is 0 Å². The van der Waals surface area contributed by atoms with Crippen LogP contribution in [0.1, 0.15) is 62.5 Å². The largest absolute Gasteiger partial charge is 0.488 e. The molecular formula is C22H24O5. The van der Waals surface area contributed by atoms with Crippen LogP contribution in [0.2, 0.25) is 0 Å². The zero-order valence-electron chi connectivity index (χ0n) is 16.3. The van der Waals surface area contributed by atoms with E-state index in [0.29, 0.717) is 28.9 Å². The van der Waals surface area contributed by atoms with E-state index < -0.39 is 11.2 Å². The fourth-order valence-corrected chi connectivity index (χ4v) is 3.82. The first kappa shape index (κ1) is 17.8. The van der Waals surface area contributed by atoms with Gasteiger partial charge in [0.2, 0.25) is 0 Å². The van der Waals surface area contributed by atoms with Gasteiger partial charge in [0, 0.05) is 6.07 Å². The van der Waals surface area contributed by atoms with Gasteiger partial charge in [-0.3, -0.25) is 4.79 Å². The van der Waals surface area contributed by atoms with Crippen LogP contribution >= 0.6 is 0 Å². The van der Waals surface area contributed by atoms with E-state index in [4.69, 9.17) is 13.9 Å². The molecule has 5 nitrogen and oxygen atoms in total. The lowest BCUT2D eigenvalue weighted by Crippen LogP contribution is -2.35. The molecule has 3 heterocycles. The van der Waals surface area contributed by atoms with Gasteiger partial charge in [-0.25, -0.2) is 4.79 Å². The zero-order valence-corrected chi connectivity index (χ0v) is 16.3. The first-order valence-electron chi connectivity index (χ1n) is 9.49. The number of hydrogen-bond acceptors (Lipinski definition) is 5. The van der Waals surface area contributed by atoms with Gasteiger partial charge in [-0.1, -0.05) is 20.3 Å². The molecule has 4 rings (SSSR count). The summed E-state index contributed by atoms with van der Waals surface area (Å²) in [7, 11) is 0. The Morgan fingerprint density at radius 1 is 1.15 bits per heavy atom. The van der Waals surface area contributed by atoms with Gasteiger partial charge in [-0.05, 0) is 44.9 Å². The molecule has 1 aromatic carbocycles. The van der Waals surface area contributed by atoms with Gasteiger partial charge in [-0.15, -0.1) is 0 Å². The van der Waals surface area contributed by atoms with Crippen LogP contribution in [0.15, 0.2) is 21.4 Å². The van der Waals surface area contributed by atoms with Crippen LogP contribution in [0.3, 0.4) is 0 Å². The average Bonchev–Trinajstić information content (AvgIpc) is 2.58. The molecule has 0 N–H and O–H groups in total. The molecule has 0 aliphatic carbocycles. The summed E-state index contributed by atoms with van der Waals surface area (Å²) in [5.74, 6) is 0.699. The van der Waals surface area contributed by atoms with Gasteiger partial charge in [-0.2, -0.15) is 0 Å². The molecule has 2 aromatic rings. The van der Waals surface area contributed by atoms with E-state index >= 15 is 0 Å². The highest BCUT2D eigenvalue weighted by Crippen LogP contribution is 2.49. The van der Waals surface area contributed by atoms with E-state index in [1.807, 2.05) is 46.8 Å². The van der Waals surface area contributed by atoms with Crippen molar-refractivity contribution in [2.75, 3.05) is 0 Å². The minimum Gasteiger partial charge on any atom is -0.488 e. The molecule has 1 aromatic heterocycles. The molecule has 142 valence electrons. The average molecular weight is 368 g/mol. The second-order valence-corrected chi connectivity index (χ2v) is 8.01. The first-order valence-corrected chi connectivity index (χ1v) is 9.49. The summed E-state index contributed by atoms with van der Waals surface area (Å²) in [6.45, 7) is 9.70. The van der Waals surface area contributed by atoms with Gasteiger partial charge < -0.3 is 13.9 Å². The normalized spacial score (nSPS) is 22.8. The molecule has 5 heteroatoms. The van der Waals surface area contributed by atoms with E-state index in [-0.39, 0.29) is 23.4 Å². The second kappa shape index (κ2) is 5.98. The molecule has 0 saturated carbocycles. The summed E-state index contributed by atoms with van der Waals surface area (Å²) < 4.78 is 18.0. The Hall–Kier alpha value is -2.56. The Bertz CT molecular complexity index is 1040. The lowest BCUT2D eigenvalue weighted by atomic mass is 9.86. The van der Waals surface area contributed by atoms with Gasteiger partial charge in [0.15, 0.2) is 11.4 Å². The molecule has 0 bridgehead atoms. The molecule has 0 amide bonds. The van der Waals surface area contributed by atoms with Gasteiger partial charge in [0.1, 0.15) is 28.8 Å². The summed E-state index contributed by atoms with van der Waals surface area (Å²) >= 11 is 0. The van der Waals surface area contributed by atoms with Crippen LogP contribution < -0.4 is 15.1 Å². The number of benzene rings is 1. The third-order valence-corrected chi connectivity index (χ3v) is 5.42. The molecular weight excluding hydrogens is 344 g/mol. The van der Waals surface area contributed by atoms with Crippen molar-refractivity contribution in [1.29, 1.82) is 0 Å². The van der Waals surface area contributed by atoms with E-state index in [1.165, 1.54) is 6.07 Å². The van der Waals surface area contributed by atoms with Crippen molar-refractivity contribution in [2.45, 2.75) is 59.2 Å². The lowest BCUT2D eigenvalue weighted by Gasteiger charge is -2.34. The highest BCUT2D eigenvalue weighted by Gasteiger charge is 2.39. The van der Waals surface area contributed by atoms with Gasteiger partial charge in [0.25, 0.3) is 0 Å². The van der Waals surface area contributed by atoms with Crippen molar-refractivity contribution in [3.8, 4) is 11.5 Å². The van der Waals surface area contributed by atoms with Crippen LogP contribution in [0.5, 0.6) is 11.5 Å². The monoisotopic (exact) mass is 368 g/mol. The van der Waals surface area contributed by atoms with E-state index in [9.17, 15) is 9.59 Å². The highest BCUT2D eigenvalue weighted by molar-refractivity contribution is 6.14. The maximum Gasteiger partial charge on any atom is 0.336 e. The summed E-state index contributed by atoms with van der Waals surface area (Å²) in [6, 6.07) is 1.51. The predicted octanol–water partition coefficient (Wildman–Crippen LogP) is 4.53. The van der Waals surface area contributed by atoms with Crippen molar-refractivity contribution in [2.24, 2.45) is 5.92 Å². The Kier molecular flexibility index (Phi) is 3.95. The molecule has 27 heavy (non-hydrogen) atoms. The van der Waals surface area contributed by atoms with Crippen molar-refractivity contribution in [1.82, 2.24) is 0 Å². The molecule has 0 spiro atoms. The Morgan fingerprint density at radius 3 is 2.59 bits per heavy atom. The van der Waals surface area contributed by atoms with E-state index in [1.54, 1.807) is 0 Å². The number of carbonyl (C=O) groups excluding carboxylic acids is 1. The number of fused-ring (bicyclic) bond motifs is 6. The summed E-state index contributed by atoms with van der Waals surface area (Å²) in [5.41, 5.74) is 1.26. The van der Waals surface area contributed by atoms with Crippen LogP contribution in [-0.4, -0.2) is 17.5 Å². The highest BCUT2D eigenvalue weighted by atomic mass is 16.5. The number of Topliss-reactive ketones (excluding diaryl/α,β-unsaturated/α-hetero) is 1. The predicted molar refractivity (Wildman–Crippen MR) is 104 cm³/mol. The number of hydrogen-bond donors (Lipinski definition) is 0. The summed E-state index contributed by atoms with van der Waals surface area (Å²) in [5, 5.41) is 0.710. The third kappa shape index (κ3) is 2.68. The molecule has 0 fully saturated rings. The lowest BCUT2D eigenvalue weighted by molar-refractivity contribution is 0.0728. The number of ether oxygens (including phenoxy) is 2. The van der Waals surface area contributed by atoms with Crippen molar-refractivity contribution in [3.63, 3.8) is 0 Å². The molecule has 2 aliphatic rings. The maximum absolute atomic E-state index is 13.1. The fourth-order valence-electron chi connectivity index (χ4n) is 3.82. The topological polar surface area (TPSA) is 65.7 Å². The van der Waals surface area contributed by atoms with E-state index in [0.717, 1.165) is 17.5 Å². The van der Waals surface area contributed by atoms with Gasteiger partial charge >= 0.3 is 5.63 Å². The molecule has 2 aliphatic heterocycles. The molecule has 2 atom stereocenters. The fraction of sp³-hybridized carbons (Fsp3) is 0.455. The maximum atomic E-state index is 13.1. The standard InChI is InChI=1S/C22H24O5/c1-6-7-13-10-15(23)26-21-16(13)20-14(8-9-22(4,5)27-20)19-17(21)18(24)11(2)12(3)25-19/h8-12H,6-7H2,1-5H3/t11?,12-/m0/s1. The first-order chi connectivity index (χ1) is 12.7. The van der Waals surface area contributed by atoms with Crippen molar-refractivity contribution in [3.05, 3.63) is 39.3 Å². The van der Waals surface area contributed by atoms with Crippen molar-refractivity contribution < 1.29 is 18.7 Å². The van der Waals surface area contributed by atoms with Crippen molar-refractivity contribution >= 4 is 22.8 Å². The number of ketones is 1. The minimum absolute atomic E-state index is 0.0633. The quantitative estimate of drug-likeness (QED) is 0.729. The number of aryl methyl sites for hydroxylation is 1. The number of carbonyl (C=O) groups is 1. The summed E-state index contributed by atoms with van der Waals surface area (Å²) in [4.78, 5) is 25.4. The Labute approximate surface area is 158 Å². The molecule has 0 radical (unpaired) electrons.